The van der Waals surface area contributed by atoms with Crippen molar-refractivity contribution in [2.75, 3.05) is 26.9 Å². The van der Waals surface area contributed by atoms with Crippen molar-refractivity contribution in [3.05, 3.63) is 29.3 Å². The molecule has 0 amide bonds. The summed E-state index contributed by atoms with van der Waals surface area (Å²) in [5.74, 6) is -1.53. The van der Waals surface area contributed by atoms with Crippen molar-refractivity contribution in [2.45, 2.75) is 45.8 Å². The molecule has 1 aromatic carbocycles. The van der Waals surface area contributed by atoms with E-state index in [0.717, 1.165) is 41.9 Å². The number of carbonyl (C=O) groups is 1. The van der Waals surface area contributed by atoms with Gasteiger partial charge in [-0.2, -0.15) is 0 Å². The van der Waals surface area contributed by atoms with Gasteiger partial charge in [0.15, 0.2) is 0 Å². The minimum absolute atomic E-state index is 0.213. The second-order valence-electron chi connectivity index (χ2n) is 6.93. The van der Waals surface area contributed by atoms with Crippen LogP contribution in [-0.2, 0) is 19.1 Å². The molecule has 0 radical (unpaired) electrons. The first kappa shape index (κ1) is 21.2. The number of carboxylic acid groups (broad SMARTS) is 1. The fourth-order valence-corrected chi connectivity index (χ4v) is 2.83. The first-order valence-corrected chi connectivity index (χ1v) is 9.18. The lowest BCUT2D eigenvalue weighted by Crippen LogP contribution is -2.47. The number of aryl methyl sites for hydroxylation is 1. The summed E-state index contributed by atoms with van der Waals surface area (Å²) in [7, 11) is 1.66. The molecule has 1 aliphatic rings. The van der Waals surface area contributed by atoms with Gasteiger partial charge in [-0.15, -0.1) is 0 Å². The van der Waals surface area contributed by atoms with Gasteiger partial charge < -0.3 is 24.2 Å². The standard InChI is InChI=1S/C20H29NO6/c1-14-11-17(8-9-18(14)24-4)15(2)21-27-10-6-5-7-16-12-25-20(3,19(22)23)26-13-16/h8-9,11,16H,5-7,10,12-13H2,1-4H3,(H,22,23)/b21-15-. The Kier molecular flexibility index (Phi) is 7.62. The molecule has 1 aliphatic heterocycles. The maximum atomic E-state index is 11.0. The van der Waals surface area contributed by atoms with Gasteiger partial charge in [-0.3, -0.25) is 0 Å². The molecule has 7 nitrogen and oxygen atoms in total. The molecule has 1 fully saturated rings. The predicted molar refractivity (Wildman–Crippen MR) is 101 cm³/mol. The highest BCUT2D eigenvalue weighted by molar-refractivity contribution is 5.98. The largest absolute Gasteiger partial charge is 0.496 e. The highest BCUT2D eigenvalue weighted by Gasteiger charge is 2.40. The van der Waals surface area contributed by atoms with Crippen LogP contribution in [0.4, 0.5) is 0 Å². The van der Waals surface area contributed by atoms with Crippen LogP contribution in [0.1, 0.15) is 44.2 Å². The fourth-order valence-electron chi connectivity index (χ4n) is 2.83. The third kappa shape index (κ3) is 5.94. The number of hydrogen-bond donors (Lipinski definition) is 1. The molecule has 1 heterocycles. The van der Waals surface area contributed by atoms with Crippen LogP contribution < -0.4 is 4.74 Å². The van der Waals surface area contributed by atoms with Crippen LogP contribution in [0.25, 0.3) is 0 Å². The fraction of sp³-hybridized carbons (Fsp3) is 0.600. The van der Waals surface area contributed by atoms with Crippen LogP contribution in [-0.4, -0.2) is 49.5 Å². The maximum absolute atomic E-state index is 11.0. The quantitative estimate of drug-likeness (QED) is 0.402. The minimum atomic E-state index is -1.51. The molecule has 0 spiro atoms. The number of benzene rings is 1. The Morgan fingerprint density at radius 2 is 2.04 bits per heavy atom. The van der Waals surface area contributed by atoms with E-state index in [1.165, 1.54) is 6.92 Å². The van der Waals surface area contributed by atoms with Gasteiger partial charge >= 0.3 is 5.97 Å². The molecule has 2 rings (SSSR count). The molecular formula is C20H29NO6. The highest BCUT2D eigenvalue weighted by Crippen LogP contribution is 2.24. The van der Waals surface area contributed by atoms with Crippen molar-refractivity contribution in [2.24, 2.45) is 11.1 Å². The van der Waals surface area contributed by atoms with Crippen LogP contribution >= 0.6 is 0 Å². The minimum Gasteiger partial charge on any atom is -0.496 e. The molecule has 150 valence electrons. The summed E-state index contributed by atoms with van der Waals surface area (Å²) in [4.78, 5) is 16.5. The summed E-state index contributed by atoms with van der Waals surface area (Å²) >= 11 is 0. The third-order valence-electron chi connectivity index (χ3n) is 4.69. The molecule has 0 bridgehead atoms. The van der Waals surface area contributed by atoms with E-state index in [9.17, 15) is 4.79 Å². The number of aliphatic carboxylic acids is 1. The zero-order valence-corrected chi connectivity index (χ0v) is 16.5. The summed E-state index contributed by atoms with van der Waals surface area (Å²) in [5, 5.41) is 13.2. The highest BCUT2D eigenvalue weighted by atomic mass is 16.7. The van der Waals surface area contributed by atoms with Crippen molar-refractivity contribution in [3.8, 4) is 5.75 Å². The summed E-state index contributed by atoms with van der Waals surface area (Å²) in [5.41, 5.74) is 2.88. The van der Waals surface area contributed by atoms with E-state index in [1.807, 2.05) is 32.0 Å². The van der Waals surface area contributed by atoms with Crippen molar-refractivity contribution in [1.82, 2.24) is 0 Å². The lowest BCUT2D eigenvalue weighted by Gasteiger charge is -2.34. The molecule has 0 aromatic heterocycles. The van der Waals surface area contributed by atoms with Crippen LogP contribution in [0.15, 0.2) is 23.4 Å². The van der Waals surface area contributed by atoms with Gasteiger partial charge in [-0.05, 0) is 62.4 Å². The van der Waals surface area contributed by atoms with Gasteiger partial charge in [0.05, 0.1) is 26.0 Å². The smallest absolute Gasteiger partial charge is 0.364 e. The zero-order valence-electron chi connectivity index (χ0n) is 16.5. The van der Waals surface area contributed by atoms with Gasteiger partial charge in [0.2, 0.25) is 0 Å². The number of oxime groups is 1. The van der Waals surface area contributed by atoms with Crippen molar-refractivity contribution < 1.29 is 28.9 Å². The van der Waals surface area contributed by atoms with E-state index in [-0.39, 0.29) is 5.92 Å². The van der Waals surface area contributed by atoms with Crippen molar-refractivity contribution in [3.63, 3.8) is 0 Å². The molecular weight excluding hydrogens is 350 g/mol. The van der Waals surface area contributed by atoms with Crippen molar-refractivity contribution >= 4 is 11.7 Å². The Bertz CT molecular complexity index is 664. The number of nitrogens with zero attached hydrogens (tertiary/aromatic N) is 1. The van der Waals surface area contributed by atoms with E-state index in [2.05, 4.69) is 5.16 Å². The van der Waals surface area contributed by atoms with E-state index in [4.69, 9.17) is 24.2 Å². The second kappa shape index (κ2) is 9.71. The average molecular weight is 379 g/mol. The normalized spacial score (nSPS) is 23.1. The van der Waals surface area contributed by atoms with Gasteiger partial charge in [0.1, 0.15) is 12.4 Å². The van der Waals surface area contributed by atoms with Gasteiger partial charge in [0, 0.05) is 12.8 Å². The summed E-state index contributed by atoms with van der Waals surface area (Å²) in [6.07, 6.45) is 2.71. The molecule has 0 atom stereocenters. The maximum Gasteiger partial charge on any atom is 0.364 e. The molecule has 7 heteroatoms. The lowest BCUT2D eigenvalue weighted by atomic mass is 10.0. The Morgan fingerprint density at radius 1 is 1.33 bits per heavy atom. The first-order chi connectivity index (χ1) is 12.9. The van der Waals surface area contributed by atoms with E-state index in [0.29, 0.717) is 19.8 Å². The van der Waals surface area contributed by atoms with Crippen LogP contribution in [0.3, 0.4) is 0 Å². The van der Waals surface area contributed by atoms with Crippen LogP contribution in [0.2, 0.25) is 0 Å². The SMILES string of the molecule is COc1ccc(/C(C)=N\OCCCCC2COC(C)(C(=O)O)OC2)cc1C. The van der Waals surface area contributed by atoms with Crippen LogP contribution in [0, 0.1) is 12.8 Å². The average Bonchev–Trinajstić information content (AvgIpc) is 2.65. The Hall–Kier alpha value is -2.12. The Balaban J connectivity index is 1.65. The summed E-state index contributed by atoms with van der Waals surface area (Å²) in [6.45, 7) is 6.68. The molecule has 0 saturated carbocycles. The molecule has 1 N–H and O–H groups in total. The number of hydrogen-bond acceptors (Lipinski definition) is 6. The lowest BCUT2D eigenvalue weighted by molar-refractivity contribution is -0.271. The second-order valence-corrected chi connectivity index (χ2v) is 6.93. The third-order valence-corrected chi connectivity index (χ3v) is 4.69. The zero-order chi connectivity index (χ0) is 19.9. The van der Waals surface area contributed by atoms with E-state index < -0.39 is 11.8 Å². The molecule has 0 aliphatic carbocycles. The monoisotopic (exact) mass is 379 g/mol. The molecule has 1 saturated heterocycles. The number of methoxy groups -OCH3 is 1. The molecule has 1 aromatic rings. The number of carboxylic acids is 1. The summed E-state index contributed by atoms with van der Waals surface area (Å²) in [6, 6.07) is 5.91. The summed E-state index contributed by atoms with van der Waals surface area (Å²) < 4.78 is 15.9. The van der Waals surface area contributed by atoms with E-state index in [1.54, 1.807) is 7.11 Å². The number of rotatable bonds is 9. The molecule has 0 unspecified atom stereocenters. The number of ether oxygens (including phenoxy) is 3. The Morgan fingerprint density at radius 3 is 2.63 bits per heavy atom. The number of unbranched alkanes of at least 4 members (excludes halogenated alkanes) is 1. The van der Waals surface area contributed by atoms with Gasteiger partial charge in [-0.1, -0.05) is 5.16 Å². The van der Waals surface area contributed by atoms with Gasteiger partial charge in [-0.25, -0.2) is 4.79 Å². The predicted octanol–water partition coefficient (Wildman–Crippen LogP) is 3.38. The molecule has 27 heavy (non-hydrogen) atoms. The van der Waals surface area contributed by atoms with Gasteiger partial charge in [0.25, 0.3) is 5.79 Å². The van der Waals surface area contributed by atoms with Crippen molar-refractivity contribution in [1.29, 1.82) is 0 Å². The van der Waals surface area contributed by atoms with Crippen LogP contribution in [0.5, 0.6) is 5.75 Å². The Labute approximate surface area is 160 Å². The topological polar surface area (TPSA) is 86.6 Å². The first-order valence-electron chi connectivity index (χ1n) is 9.18. The van der Waals surface area contributed by atoms with E-state index >= 15 is 0 Å².